The molecule has 1 fully saturated rings. The van der Waals surface area contributed by atoms with Gasteiger partial charge in [0.15, 0.2) is 23.3 Å². The minimum absolute atomic E-state index is 0.312. The van der Waals surface area contributed by atoms with E-state index in [9.17, 15) is 27.2 Å². The van der Waals surface area contributed by atoms with Gasteiger partial charge in [-0.25, -0.2) is 17.6 Å². The van der Waals surface area contributed by atoms with E-state index >= 15 is 0 Å². The Hall–Kier alpha value is -2.18. The Morgan fingerprint density at radius 1 is 1.12 bits per heavy atom. The van der Waals surface area contributed by atoms with Gasteiger partial charge in [0.1, 0.15) is 12.9 Å². The quantitative estimate of drug-likeness (QED) is 0.261. The SMILES string of the molecule is CC(C=O)=CC1(C(=O)OCc2c(F)c(F)c(C)c(F)c2F)CC1(C)C. The topological polar surface area (TPSA) is 43.4 Å². The number of ether oxygens (including phenoxy) is 1. The number of carbonyl (C=O) groups is 2. The Balaban J connectivity index is 2.28. The van der Waals surface area contributed by atoms with Crippen molar-refractivity contribution in [2.24, 2.45) is 10.8 Å². The Bertz CT molecular complexity index is 754. The van der Waals surface area contributed by atoms with Gasteiger partial charge >= 0.3 is 5.97 Å². The lowest BCUT2D eigenvalue weighted by Gasteiger charge is -2.17. The molecule has 0 aromatic heterocycles. The van der Waals surface area contributed by atoms with Crippen molar-refractivity contribution in [1.82, 2.24) is 0 Å². The number of esters is 1. The van der Waals surface area contributed by atoms with Crippen LogP contribution in [0.3, 0.4) is 0 Å². The molecule has 25 heavy (non-hydrogen) atoms. The zero-order valence-corrected chi connectivity index (χ0v) is 14.3. The molecule has 0 amide bonds. The summed E-state index contributed by atoms with van der Waals surface area (Å²) in [4.78, 5) is 23.2. The van der Waals surface area contributed by atoms with Crippen molar-refractivity contribution in [3.63, 3.8) is 0 Å². The van der Waals surface area contributed by atoms with Crippen molar-refractivity contribution >= 4 is 12.3 Å². The largest absolute Gasteiger partial charge is 0.460 e. The van der Waals surface area contributed by atoms with Crippen molar-refractivity contribution in [3.8, 4) is 0 Å². The lowest BCUT2D eigenvalue weighted by atomic mass is 9.93. The Morgan fingerprint density at radius 3 is 2.00 bits per heavy atom. The first kappa shape index (κ1) is 19.1. The molecule has 7 heteroatoms. The van der Waals surface area contributed by atoms with Gasteiger partial charge in [-0.2, -0.15) is 0 Å². The second-order valence-corrected chi connectivity index (χ2v) is 6.97. The van der Waals surface area contributed by atoms with Crippen LogP contribution in [0.5, 0.6) is 0 Å². The maximum absolute atomic E-state index is 13.9. The first-order valence-corrected chi connectivity index (χ1v) is 7.62. The van der Waals surface area contributed by atoms with Crippen molar-refractivity contribution in [1.29, 1.82) is 0 Å². The maximum atomic E-state index is 13.9. The molecule has 0 heterocycles. The van der Waals surface area contributed by atoms with Gasteiger partial charge < -0.3 is 4.74 Å². The molecule has 0 radical (unpaired) electrons. The molecule has 1 aromatic rings. The Labute approximate surface area is 142 Å². The number of allylic oxidation sites excluding steroid dienone is 1. The van der Waals surface area contributed by atoms with E-state index in [1.165, 1.54) is 13.0 Å². The monoisotopic (exact) mass is 358 g/mol. The van der Waals surface area contributed by atoms with E-state index in [1.807, 2.05) is 0 Å². The average Bonchev–Trinajstić information content (AvgIpc) is 3.12. The van der Waals surface area contributed by atoms with Crippen LogP contribution in [-0.2, 0) is 20.9 Å². The molecule has 0 saturated heterocycles. The van der Waals surface area contributed by atoms with Gasteiger partial charge in [-0.3, -0.25) is 9.59 Å². The molecule has 3 nitrogen and oxygen atoms in total. The summed E-state index contributed by atoms with van der Waals surface area (Å²) in [5, 5.41) is 0. The van der Waals surface area contributed by atoms with E-state index in [2.05, 4.69) is 0 Å². The summed E-state index contributed by atoms with van der Waals surface area (Å²) in [7, 11) is 0. The maximum Gasteiger partial charge on any atom is 0.316 e. The van der Waals surface area contributed by atoms with Crippen LogP contribution in [0.2, 0.25) is 0 Å². The summed E-state index contributed by atoms with van der Waals surface area (Å²) in [5.41, 5.74) is -3.07. The molecule has 0 spiro atoms. The number of aldehydes is 1. The third-order valence-corrected chi connectivity index (χ3v) is 4.75. The van der Waals surface area contributed by atoms with Gasteiger partial charge in [-0.1, -0.05) is 19.9 Å². The van der Waals surface area contributed by atoms with E-state index in [4.69, 9.17) is 4.74 Å². The van der Waals surface area contributed by atoms with Crippen LogP contribution in [0.4, 0.5) is 17.6 Å². The van der Waals surface area contributed by atoms with Crippen molar-refractivity contribution in [3.05, 3.63) is 46.0 Å². The highest BCUT2D eigenvalue weighted by molar-refractivity contribution is 5.86. The van der Waals surface area contributed by atoms with Gasteiger partial charge in [0.2, 0.25) is 0 Å². The second kappa shape index (κ2) is 6.28. The highest BCUT2D eigenvalue weighted by atomic mass is 19.2. The zero-order valence-electron chi connectivity index (χ0n) is 14.3. The summed E-state index contributed by atoms with van der Waals surface area (Å²) in [6, 6.07) is 0. The molecule has 1 aliphatic rings. The van der Waals surface area contributed by atoms with Gasteiger partial charge in [-0.05, 0) is 31.3 Å². The molecule has 1 saturated carbocycles. The molecule has 0 aliphatic heterocycles. The molecule has 0 N–H and O–H groups in total. The summed E-state index contributed by atoms with van der Waals surface area (Å²) in [6.07, 6.45) is 2.41. The Kier molecular flexibility index (Phi) is 4.81. The first-order chi connectivity index (χ1) is 11.5. The lowest BCUT2D eigenvalue weighted by molar-refractivity contribution is -0.151. The summed E-state index contributed by atoms with van der Waals surface area (Å²) >= 11 is 0. The summed E-state index contributed by atoms with van der Waals surface area (Å²) in [6.45, 7) is 5.02. The molecular weight excluding hydrogens is 340 g/mol. The van der Waals surface area contributed by atoms with E-state index in [0.29, 0.717) is 18.3 Å². The van der Waals surface area contributed by atoms with E-state index in [-0.39, 0.29) is 0 Å². The number of hydrogen-bond acceptors (Lipinski definition) is 3. The van der Waals surface area contributed by atoms with Crippen LogP contribution >= 0.6 is 0 Å². The van der Waals surface area contributed by atoms with Gasteiger partial charge in [-0.15, -0.1) is 0 Å². The fourth-order valence-electron chi connectivity index (χ4n) is 2.91. The fourth-order valence-corrected chi connectivity index (χ4v) is 2.91. The summed E-state index contributed by atoms with van der Waals surface area (Å²) < 4.78 is 59.8. The highest BCUT2D eigenvalue weighted by Gasteiger charge is 2.66. The van der Waals surface area contributed by atoms with E-state index in [1.54, 1.807) is 13.8 Å². The number of rotatable bonds is 5. The van der Waals surface area contributed by atoms with Crippen molar-refractivity contribution < 1.29 is 31.9 Å². The first-order valence-electron chi connectivity index (χ1n) is 7.62. The predicted molar refractivity (Wildman–Crippen MR) is 81.5 cm³/mol. The molecule has 1 atom stereocenters. The highest BCUT2D eigenvalue weighted by Crippen LogP contribution is 2.65. The molecule has 0 bridgehead atoms. The van der Waals surface area contributed by atoms with Crippen LogP contribution < -0.4 is 0 Å². The zero-order chi connectivity index (χ0) is 19.2. The van der Waals surface area contributed by atoms with Gasteiger partial charge in [0, 0.05) is 5.56 Å². The van der Waals surface area contributed by atoms with Gasteiger partial charge in [0.05, 0.1) is 11.0 Å². The van der Waals surface area contributed by atoms with Crippen LogP contribution in [-0.4, -0.2) is 12.3 Å². The van der Waals surface area contributed by atoms with Gasteiger partial charge in [0.25, 0.3) is 0 Å². The number of benzene rings is 1. The van der Waals surface area contributed by atoms with Crippen molar-refractivity contribution in [2.75, 3.05) is 0 Å². The number of hydrogen-bond donors (Lipinski definition) is 0. The van der Waals surface area contributed by atoms with E-state index < -0.39 is 57.8 Å². The van der Waals surface area contributed by atoms with Crippen LogP contribution in [0.25, 0.3) is 0 Å². The molecule has 1 aliphatic carbocycles. The fraction of sp³-hybridized carbons (Fsp3) is 0.444. The normalized spacial score (nSPS) is 21.8. The molecule has 1 aromatic carbocycles. The van der Waals surface area contributed by atoms with Crippen LogP contribution in [0.15, 0.2) is 11.6 Å². The third kappa shape index (κ3) is 3.07. The average molecular weight is 358 g/mol. The Morgan fingerprint density at radius 2 is 1.60 bits per heavy atom. The third-order valence-electron chi connectivity index (χ3n) is 4.75. The van der Waals surface area contributed by atoms with Crippen LogP contribution in [0.1, 0.15) is 38.3 Å². The molecule has 2 rings (SSSR count). The molecule has 136 valence electrons. The lowest BCUT2D eigenvalue weighted by Crippen LogP contribution is -2.23. The van der Waals surface area contributed by atoms with E-state index in [0.717, 1.165) is 6.92 Å². The standard InChI is InChI=1S/C18H18F4O3/c1-9(6-23)5-18(8-17(18,3)4)16(24)25-7-11-14(21)12(19)10(2)13(20)15(11)22/h5-6H,7-8H2,1-4H3. The van der Waals surface area contributed by atoms with Crippen molar-refractivity contribution in [2.45, 2.75) is 40.7 Å². The second-order valence-electron chi connectivity index (χ2n) is 6.97. The summed E-state index contributed by atoms with van der Waals surface area (Å²) in [5.74, 6) is -7.04. The van der Waals surface area contributed by atoms with Crippen LogP contribution in [0, 0.1) is 41.0 Å². The minimum atomic E-state index is -1.59. The molecular formula is C18H18F4O3. The number of carbonyl (C=O) groups excluding carboxylic acids is 2. The predicted octanol–water partition coefficient (Wildman–Crippen LogP) is 4.16. The smallest absolute Gasteiger partial charge is 0.316 e. The minimum Gasteiger partial charge on any atom is -0.460 e. The number of halogens is 4. The molecule has 1 unspecified atom stereocenters.